The summed E-state index contributed by atoms with van der Waals surface area (Å²) < 4.78 is 43.8. The van der Waals surface area contributed by atoms with Gasteiger partial charge in [0.2, 0.25) is 0 Å². The highest BCUT2D eigenvalue weighted by Crippen LogP contribution is 2.13. The van der Waals surface area contributed by atoms with E-state index in [9.17, 15) is 22.8 Å². The van der Waals surface area contributed by atoms with Crippen LogP contribution in [0.4, 0.5) is 18.0 Å². The Kier molecular flexibility index (Phi) is 7.84. The molecule has 0 spiro atoms. The molecule has 0 aromatic carbocycles. The molecule has 0 rings (SSSR count). The topological polar surface area (TPSA) is 96.9 Å². The fraction of sp³-hybridized carbons (Fsp3) is 0.778. The Morgan fingerprint density at radius 1 is 1.32 bits per heavy atom. The van der Waals surface area contributed by atoms with E-state index in [0.29, 0.717) is 0 Å². The van der Waals surface area contributed by atoms with Gasteiger partial charge in [-0.15, -0.1) is 0 Å². The van der Waals surface area contributed by atoms with Crippen molar-refractivity contribution in [2.45, 2.75) is 12.3 Å². The fourth-order valence-corrected chi connectivity index (χ4v) is 0.944. The second kappa shape index (κ2) is 8.53. The van der Waals surface area contributed by atoms with E-state index in [2.05, 4.69) is 20.1 Å². The summed E-state index contributed by atoms with van der Waals surface area (Å²) in [4.78, 5) is 21.6. The second-order valence-corrected chi connectivity index (χ2v) is 3.37. The first kappa shape index (κ1) is 17.4. The monoisotopic (exact) mass is 288 g/mol. The minimum Gasteiger partial charge on any atom is -0.479 e. The minimum atomic E-state index is -4.41. The number of carbonyl (C=O) groups excluding carboxylic acids is 1. The Morgan fingerprint density at radius 3 is 2.42 bits per heavy atom. The molecule has 0 aromatic rings. The molecule has 2 amide bonds. The van der Waals surface area contributed by atoms with Crippen LogP contribution in [0.5, 0.6) is 0 Å². The molecule has 0 heterocycles. The third-order valence-corrected chi connectivity index (χ3v) is 1.81. The predicted molar refractivity (Wildman–Crippen MR) is 56.7 cm³/mol. The molecule has 0 aliphatic carbocycles. The van der Waals surface area contributed by atoms with Crippen molar-refractivity contribution in [2.24, 2.45) is 0 Å². The highest BCUT2D eigenvalue weighted by molar-refractivity contribution is 5.76. The number of hydrogen-bond donors (Lipinski definition) is 3. The average Bonchev–Trinajstić information content (AvgIpc) is 2.27. The lowest BCUT2D eigenvalue weighted by molar-refractivity contribution is -0.173. The van der Waals surface area contributed by atoms with Gasteiger partial charge in [-0.25, -0.2) is 9.59 Å². The largest absolute Gasteiger partial charge is 0.479 e. The number of carboxylic acids is 1. The van der Waals surface area contributed by atoms with Crippen LogP contribution >= 0.6 is 0 Å². The van der Waals surface area contributed by atoms with Crippen LogP contribution in [0.3, 0.4) is 0 Å². The number of carbonyl (C=O) groups is 2. The molecule has 3 N–H and O–H groups in total. The molecule has 19 heavy (non-hydrogen) atoms. The number of rotatable bonds is 8. The smallest absolute Gasteiger partial charge is 0.411 e. The predicted octanol–water partition coefficient (Wildman–Crippen LogP) is -0.0359. The van der Waals surface area contributed by atoms with Gasteiger partial charge in [-0.2, -0.15) is 13.2 Å². The summed E-state index contributed by atoms with van der Waals surface area (Å²) in [5.41, 5.74) is 0. The number of ether oxygens (including phenoxy) is 2. The lowest BCUT2D eigenvalue weighted by Gasteiger charge is -2.12. The number of urea groups is 1. The maximum absolute atomic E-state index is 11.7. The van der Waals surface area contributed by atoms with Crippen LogP contribution in [0.2, 0.25) is 0 Å². The normalized spacial score (nSPS) is 12.8. The molecular weight excluding hydrogens is 273 g/mol. The van der Waals surface area contributed by atoms with Gasteiger partial charge < -0.3 is 25.2 Å². The molecule has 0 saturated heterocycles. The average molecular weight is 288 g/mol. The highest BCUT2D eigenvalue weighted by atomic mass is 19.4. The Labute approximate surface area is 107 Å². The molecule has 1 atom stereocenters. The third kappa shape index (κ3) is 10.1. The number of halogens is 3. The SMILES string of the molecule is COC(CNC(=O)NCCOCC(F)(F)F)C(=O)O. The highest BCUT2D eigenvalue weighted by Gasteiger charge is 2.27. The van der Waals surface area contributed by atoms with Crippen molar-refractivity contribution in [1.29, 1.82) is 0 Å². The van der Waals surface area contributed by atoms with Crippen molar-refractivity contribution in [3.05, 3.63) is 0 Å². The quantitative estimate of drug-likeness (QED) is 0.545. The molecular formula is C9H15F3N2O5. The molecule has 0 fully saturated rings. The Balaban J connectivity index is 3.63. The molecule has 0 radical (unpaired) electrons. The maximum atomic E-state index is 11.7. The third-order valence-electron chi connectivity index (χ3n) is 1.81. The van der Waals surface area contributed by atoms with Crippen molar-refractivity contribution >= 4 is 12.0 Å². The molecule has 10 heteroatoms. The van der Waals surface area contributed by atoms with Crippen molar-refractivity contribution < 1.29 is 37.3 Å². The molecule has 0 aromatic heterocycles. The summed E-state index contributed by atoms with van der Waals surface area (Å²) in [7, 11) is 1.17. The summed E-state index contributed by atoms with van der Waals surface area (Å²) in [5, 5.41) is 13.0. The summed E-state index contributed by atoms with van der Waals surface area (Å²) in [6.45, 7) is -2.09. The van der Waals surface area contributed by atoms with Crippen molar-refractivity contribution in [2.75, 3.05) is 33.4 Å². The number of amides is 2. The minimum absolute atomic E-state index is 0.132. The van der Waals surface area contributed by atoms with E-state index >= 15 is 0 Å². The zero-order chi connectivity index (χ0) is 14.9. The van der Waals surface area contributed by atoms with E-state index in [1.54, 1.807) is 0 Å². The Bertz CT molecular complexity index is 298. The van der Waals surface area contributed by atoms with Gasteiger partial charge in [0.1, 0.15) is 6.61 Å². The van der Waals surface area contributed by atoms with E-state index in [-0.39, 0.29) is 19.7 Å². The number of aliphatic carboxylic acids is 1. The summed E-state index contributed by atoms with van der Waals surface area (Å²) in [5.74, 6) is -1.24. The van der Waals surface area contributed by atoms with Crippen molar-refractivity contribution in [1.82, 2.24) is 10.6 Å². The van der Waals surface area contributed by atoms with Crippen LogP contribution in [0, 0.1) is 0 Å². The summed E-state index contributed by atoms with van der Waals surface area (Å²) in [6, 6.07) is -0.723. The zero-order valence-corrected chi connectivity index (χ0v) is 10.1. The Morgan fingerprint density at radius 2 is 1.95 bits per heavy atom. The van der Waals surface area contributed by atoms with Gasteiger partial charge in [-0.3, -0.25) is 0 Å². The number of alkyl halides is 3. The van der Waals surface area contributed by atoms with E-state index in [4.69, 9.17) is 5.11 Å². The van der Waals surface area contributed by atoms with E-state index < -0.39 is 30.9 Å². The van der Waals surface area contributed by atoms with E-state index in [1.807, 2.05) is 0 Å². The van der Waals surface area contributed by atoms with Gasteiger partial charge in [0.15, 0.2) is 6.10 Å². The van der Waals surface area contributed by atoms with Gasteiger partial charge in [-0.05, 0) is 0 Å². The van der Waals surface area contributed by atoms with Crippen LogP contribution < -0.4 is 10.6 Å². The first-order valence-corrected chi connectivity index (χ1v) is 5.18. The first-order chi connectivity index (χ1) is 8.76. The summed E-state index contributed by atoms with van der Waals surface area (Å²) >= 11 is 0. The number of carboxylic acid groups (broad SMARTS) is 1. The number of methoxy groups -OCH3 is 1. The molecule has 7 nitrogen and oxygen atoms in total. The van der Waals surface area contributed by atoms with Gasteiger partial charge in [0.25, 0.3) is 0 Å². The lowest BCUT2D eigenvalue weighted by Crippen LogP contribution is -2.43. The number of nitrogens with one attached hydrogen (secondary N) is 2. The van der Waals surface area contributed by atoms with Crippen LogP contribution in [0.15, 0.2) is 0 Å². The van der Waals surface area contributed by atoms with Gasteiger partial charge in [0, 0.05) is 13.7 Å². The van der Waals surface area contributed by atoms with Crippen LogP contribution in [-0.4, -0.2) is 62.8 Å². The molecule has 0 bridgehead atoms. The Hall–Kier alpha value is -1.55. The molecule has 0 aliphatic heterocycles. The zero-order valence-electron chi connectivity index (χ0n) is 10.1. The van der Waals surface area contributed by atoms with E-state index in [1.165, 1.54) is 7.11 Å². The maximum Gasteiger partial charge on any atom is 0.411 e. The number of hydrogen-bond acceptors (Lipinski definition) is 4. The lowest BCUT2D eigenvalue weighted by atomic mass is 10.3. The standard InChI is InChI=1S/C9H15F3N2O5/c1-18-6(7(15)16)4-14-8(17)13-2-3-19-5-9(10,11)12/h6H,2-5H2,1H3,(H,15,16)(H2,13,14,17). The van der Waals surface area contributed by atoms with Crippen molar-refractivity contribution in [3.63, 3.8) is 0 Å². The van der Waals surface area contributed by atoms with Crippen LogP contribution in [0.1, 0.15) is 0 Å². The first-order valence-electron chi connectivity index (χ1n) is 5.18. The van der Waals surface area contributed by atoms with Gasteiger partial charge in [0.05, 0.1) is 13.2 Å². The molecule has 0 aliphatic rings. The molecule has 1 unspecified atom stereocenters. The molecule has 0 saturated carbocycles. The van der Waals surface area contributed by atoms with Crippen LogP contribution in [-0.2, 0) is 14.3 Å². The van der Waals surface area contributed by atoms with Crippen LogP contribution in [0.25, 0.3) is 0 Å². The molecule has 112 valence electrons. The second-order valence-electron chi connectivity index (χ2n) is 3.37. The van der Waals surface area contributed by atoms with Crippen molar-refractivity contribution in [3.8, 4) is 0 Å². The summed E-state index contributed by atoms with van der Waals surface area (Å²) in [6.07, 6.45) is -5.60. The fourth-order valence-electron chi connectivity index (χ4n) is 0.944. The van der Waals surface area contributed by atoms with E-state index in [0.717, 1.165) is 0 Å². The van der Waals surface area contributed by atoms with Gasteiger partial charge >= 0.3 is 18.2 Å². The van der Waals surface area contributed by atoms with Gasteiger partial charge in [-0.1, -0.05) is 0 Å².